The van der Waals surface area contributed by atoms with E-state index in [0.717, 1.165) is 19.3 Å². The van der Waals surface area contributed by atoms with Crippen molar-refractivity contribution in [1.29, 1.82) is 5.26 Å². The lowest BCUT2D eigenvalue weighted by Crippen LogP contribution is -2.37. The Hall–Kier alpha value is -1.37. The molecule has 1 aliphatic carbocycles. The summed E-state index contributed by atoms with van der Waals surface area (Å²) in [7, 11) is 1.43. The number of hydrogen-bond acceptors (Lipinski definition) is 3. The molecule has 0 saturated heterocycles. The molecule has 1 atom stereocenters. The van der Waals surface area contributed by atoms with Crippen molar-refractivity contribution in [2.24, 2.45) is 11.8 Å². The van der Waals surface area contributed by atoms with Gasteiger partial charge in [0.1, 0.15) is 0 Å². The Morgan fingerprint density at radius 2 is 2.15 bits per heavy atom. The molecular weight excluding hydrogens is 168 g/mol. The van der Waals surface area contributed by atoms with Crippen LogP contribution in [0.3, 0.4) is 0 Å². The molecule has 0 spiro atoms. The number of hydrogen-bond donors (Lipinski definition) is 1. The molecule has 0 radical (unpaired) electrons. The molecule has 4 nitrogen and oxygen atoms in total. The Labute approximate surface area is 76.9 Å². The first kappa shape index (κ1) is 9.72. The van der Waals surface area contributed by atoms with Gasteiger partial charge in [-0.2, -0.15) is 5.26 Å². The lowest BCUT2D eigenvalue weighted by Gasteiger charge is -2.24. The van der Waals surface area contributed by atoms with Crippen LogP contribution in [-0.4, -0.2) is 18.7 Å². The topological polar surface area (TPSA) is 70.0 Å². The number of nitriles is 1. The highest BCUT2D eigenvalue weighted by Crippen LogP contribution is 2.29. The highest BCUT2D eigenvalue weighted by Gasteiger charge is 2.34. The summed E-state index contributed by atoms with van der Waals surface area (Å²) in [4.78, 5) is 22.5. The van der Waals surface area contributed by atoms with Crippen LogP contribution in [0, 0.1) is 23.2 Å². The zero-order valence-corrected chi connectivity index (χ0v) is 7.54. The van der Waals surface area contributed by atoms with Gasteiger partial charge in [-0.05, 0) is 12.8 Å². The fraction of sp³-hybridized carbons (Fsp3) is 0.667. The smallest absolute Gasteiger partial charge is 0.244 e. The van der Waals surface area contributed by atoms with Gasteiger partial charge in [-0.1, -0.05) is 6.42 Å². The first-order valence-electron chi connectivity index (χ1n) is 4.35. The van der Waals surface area contributed by atoms with Crippen LogP contribution in [0.1, 0.15) is 19.3 Å². The van der Waals surface area contributed by atoms with E-state index in [9.17, 15) is 9.59 Å². The molecule has 13 heavy (non-hydrogen) atoms. The number of Topliss-reactive ketones (excluding diaryl/α,β-unsaturated/α-hetero) is 1. The van der Waals surface area contributed by atoms with E-state index in [1.165, 1.54) is 7.05 Å². The van der Waals surface area contributed by atoms with Gasteiger partial charge in [-0.3, -0.25) is 9.59 Å². The number of nitrogens with zero attached hydrogens (tertiary/aromatic N) is 1. The molecule has 0 bridgehead atoms. The van der Waals surface area contributed by atoms with E-state index in [1.54, 1.807) is 6.07 Å². The van der Waals surface area contributed by atoms with Crippen molar-refractivity contribution in [2.75, 3.05) is 7.05 Å². The van der Waals surface area contributed by atoms with Crippen LogP contribution in [0.5, 0.6) is 0 Å². The molecule has 4 heteroatoms. The third kappa shape index (κ3) is 1.86. The third-order valence-electron chi connectivity index (χ3n) is 2.43. The van der Waals surface area contributed by atoms with Crippen molar-refractivity contribution >= 4 is 11.7 Å². The van der Waals surface area contributed by atoms with Crippen LogP contribution in [0.2, 0.25) is 0 Å². The average Bonchev–Trinajstić information content (AvgIpc) is 2.02. The zero-order chi connectivity index (χ0) is 9.84. The molecule has 1 N–H and O–H groups in total. The van der Waals surface area contributed by atoms with Crippen molar-refractivity contribution < 1.29 is 9.59 Å². The van der Waals surface area contributed by atoms with Crippen LogP contribution >= 0.6 is 0 Å². The van der Waals surface area contributed by atoms with Gasteiger partial charge < -0.3 is 5.32 Å². The van der Waals surface area contributed by atoms with Crippen LogP contribution < -0.4 is 5.32 Å². The molecule has 0 aromatic heterocycles. The Morgan fingerprint density at radius 3 is 2.46 bits per heavy atom. The summed E-state index contributed by atoms with van der Waals surface area (Å²) >= 11 is 0. The van der Waals surface area contributed by atoms with Crippen molar-refractivity contribution in [3.05, 3.63) is 0 Å². The number of nitrogens with one attached hydrogen (secondary N) is 1. The summed E-state index contributed by atoms with van der Waals surface area (Å²) in [5.74, 6) is -1.86. The second-order valence-corrected chi connectivity index (χ2v) is 3.21. The van der Waals surface area contributed by atoms with E-state index in [4.69, 9.17) is 5.26 Å². The van der Waals surface area contributed by atoms with Gasteiger partial charge in [0.15, 0.2) is 11.7 Å². The summed E-state index contributed by atoms with van der Waals surface area (Å²) in [6, 6.07) is 1.74. The molecule has 1 amide bonds. The minimum atomic E-state index is -1.10. The van der Waals surface area contributed by atoms with Gasteiger partial charge in [0.2, 0.25) is 5.91 Å². The van der Waals surface area contributed by atoms with Crippen LogP contribution in [0.25, 0.3) is 0 Å². The molecule has 0 heterocycles. The summed E-state index contributed by atoms with van der Waals surface area (Å²) in [5.41, 5.74) is 0. The fourth-order valence-electron chi connectivity index (χ4n) is 1.32. The van der Waals surface area contributed by atoms with Crippen molar-refractivity contribution in [3.8, 4) is 6.07 Å². The summed E-state index contributed by atoms with van der Waals surface area (Å²) < 4.78 is 0. The van der Waals surface area contributed by atoms with E-state index in [2.05, 4.69) is 5.32 Å². The lowest BCUT2D eigenvalue weighted by molar-refractivity contribution is -0.135. The monoisotopic (exact) mass is 180 g/mol. The second kappa shape index (κ2) is 4.04. The SMILES string of the molecule is CNC(=O)C(C#N)C(=O)C1CCC1. The molecule has 1 unspecified atom stereocenters. The second-order valence-electron chi connectivity index (χ2n) is 3.21. The lowest BCUT2D eigenvalue weighted by atomic mass is 9.78. The molecule has 1 aliphatic rings. The van der Waals surface area contributed by atoms with E-state index in [-0.39, 0.29) is 11.7 Å². The summed E-state index contributed by atoms with van der Waals surface area (Å²) in [5, 5.41) is 11.0. The van der Waals surface area contributed by atoms with Crippen molar-refractivity contribution in [2.45, 2.75) is 19.3 Å². The van der Waals surface area contributed by atoms with Gasteiger partial charge in [-0.25, -0.2) is 0 Å². The molecule has 0 aromatic carbocycles. The highest BCUT2D eigenvalue weighted by atomic mass is 16.2. The first-order valence-corrected chi connectivity index (χ1v) is 4.35. The maximum absolute atomic E-state index is 11.5. The molecule has 70 valence electrons. The molecule has 1 rings (SSSR count). The molecule has 1 fully saturated rings. The Balaban J connectivity index is 2.61. The average molecular weight is 180 g/mol. The highest BCUT2D eigenvalue weighted by molar-refractivity contribution is 6.05. The standard InChI is InChI=1S/C9H12N2O2/c1-11-9(13)7(5-10)8(12)6-3-2-4-6/h6-7H,2-4H2,1H3,(H,11,13). The van der Waals surface area contributed by atoms with Crippen LogP contribution in [0.4, 0.5) is 0 Å². The van der Waals surface area contributed by atoms with E-state index in [1.807, 2.05) is 0 Å². The van der Waals surface area contributed by atoms with Crippen molar-refractivity contribution in [3.63, 3.8) is 0 Å². The van der Waals surface area contributed by atoms with Crippen molar-refractivity contribution in [1.82, 2.24) is 5.32 Å². The van der Waals surface area contributed by atoms with Crippen LogP contribution in [0.15, 0.2) is 0 Å². The number of rotatable bonds is 3. The van der Waals surface area contributed by atoms with E-state index < -0.39 is 11.8 Å². The number of carbonyl (C=O) groups excluding carboxylic acids is 2. The quantitative estimate of drug-likeness (QED) is 0.632. The number of carbonyl (C=O) groups is 2. The largest absolute Gasteiger partial charge is 0.358 e. The van der Waals surface area contributed by atoms with Crippen LogP contribution in [-0.2, 0) is 9.59 Å². The van der Waals surface area contributed by atoms with Gasteiger partial charge in [0.25, 0.3) is 0 Å². The number of ketones is 1. The minimum absolute atomic E-state index is 0.0538. The fourth-order valence-corrected chi connectivity index (χ4v) is 1.32. The zero-order valence-electron chi connectivity index (χ0n) is 7.54. The van der Waals surface area contributed by atoms with Gasteiger partial charge in [0.05, 0.1) is 6.07 Å². The summed E-state index contributed by atoms with van der Waals surface area (Å²) in [6.07, 6.45) is 2.68. The summed E-state index contributed by atoms with van der Waals surface area (Å²) in [6.45, 7) is 0. The normalized spacial score (nSPS) is 18.2. The maximum Gasteiger partial charge on any atom is 0.244 e. The first-order chi connectivity index (χ1) is 6.20. The predicted molar refractivity (Wildman–Crippen MR) is 45.5 cm³/mol. The molecule has 0 aliphatic heterocycles. The molecule has 0 aromatic rings. The molecular formula is C9H12N2O2. The van der Waals surface area contributed by atoms with E-state index in [0.29, 0.717) is 0 Å². The Morgan fingerprint density at radius 1 is 1.54 bits per heavy atom. The molecule has 1 saturated carbocycles. The Bertz CT molecular complexity index is 263. The minimum Gasteiger partial charge on any atom is -0.358 e. The predicted octanol–water partition coefficient (Wildman–Crippen LogP) is 0.241. The Kier molecular flexibility index (Phi) is 3.02. The number of amides is 1. The third-order valence-corrected chi connectivity index (χ3v) is 2.43. The van der Waals surface area contributed by atoms with E-state index >= 15 is 0 Å². The van der Waals surface area contributed by atoms with Gasteiger partial charge >= 0.3 is 0 Å². The van der Waals surface area contributed by atoms with Gasteiger partial charge in [-0.15, -0.1) is 0 Å². The maximum atomic E-state index is 11.5. The van der Waals surface area contributed by atoms with Gasteiger partial charge in [0, 0.05) is 13.0 Å².